The van der Waals surface area contributed by atoms with E-state index >= 15 is 0 Å². The van der Waals surface area contributed by atoms with Crippen molar-refractivity contribution in [3.05, 3.63) is 42.5 Å². The minimum atomic E-state index is 0.251. The summed E-state index contributed by atoms with van der Waals surface area (Å²) in [6.07, 6.45) is 0. The molecule has 1 N–H and O–H groups in total. The fourth-order valence-corrected chi connectivity index (χ4v) is 1.68. The van der Waals surface area contributed by atoms with Gasteiger partial charge in [-0.3, -0.25) is 0 Å². The molecule has 0 amide bonds. The molecule has 0 heterocycles. The molecule has 0 aliphatic rings. The summed E-state index contributed by atoms with van der Waals surface area (Å²) in [5.74, 6) is 1.75. The predicted molar refractivity (Wildman–Crippen MR) is 66.6 cm³/mol. The zero-order chi connectivity index (χ0) is 12.3. The Hall–Kier alpha value is -2.16. The van der Waals surface area contributed by atoms with Crippen molar-refractivity contribution in [2.45, 2.75) is 0 Å². The molecule has 0 aliphatic heterocycles. The van der Waals surface area contributed by atoms with Crippen LogP contribution < -0.4 is 9.47 Å². The third-order valence-corrected chi connectivity index (χ3v) is 2.59. The smallest absolute Gasteiger partial charge is 0.130 e. The Morgan fingerprint density at radius 3 is 2.18 bits per heavy atom. The Morgan fingerprint density at radius 1 is 0.882 bits per heavy atom. The highest BCUT2D eigenvalue weighted by Gasteiger charge is 2.07. The van der Waals surface area contributed by atoms with Crippen LogP contribution >= 0.6 is 0 Å². The van der Waals surface area contributed by atoms with E-state index in [0.29, 0.717) is 0 Å². The second kappa shape index (κ2) is 4.78. The molecule has 3 heteroatoms. The van der Waals surface area contributed by atoms with Gasteiger partial charge in [-0.1, -0.05) is 12.1 Å². The Morgan fingerprint density at radius 2 is 1.59 bits per heavy atom. The van der Waals surface area contributed by atoms with Crippen LogP contribution in [-0.2, 0) is 0 Å². The second-order valence-corrected chi connectivity index (χ2v) is 3.61. The van der Waals surface area contributed by atoms with Crippen LogP contribution in [0, 0.1) is 0 Å². The van der Waals surface area contributed by atoms with Gasteiger partial charge in [-0.25, -0.2) is 0 Å². The lowest BCUT2D eigenvalue weighted by atomic mass is 10.0. The summed E-state index contributed by atoms with van der Waals surface area (Å²) in [6.45, 7) is 0. The maximum atomic E-state index is 9.26. The lowest BCUT2D eigenvalue weighted by Crippen LogP contribution is -1.90. The average Bonchev–Trinajstić information content (AvgIpc) is 2.39. The van der Waals surface area contributed by atoms with Crippen molar-refractivity contribution in [1.29, 1.82) is 0 Å². The van der Waals surface area contributed by atoms with E-state index in [-0.39, 0.29) is 5.75 Å². The molecule has 0 unspecified atom stereocenters. The highest BCUT2D eigenvalue weighted by atomic mass is 16.5. The highest BCUT2D eigenvalue weighted by Crippen LogP contribution is 2.33. The van der Waals surface area contributed by atoms with Gasteiger partial charge < -0.3 is 14.6 Å². The molecule has 0 saturated carbocycles. The summed E-state index contributed by atoms with van der Waals surface area (Å²) < 4.78 is 10.5. The Kier molecular flexibility index (Phi) is 3.19. The molecule has 0 bridgehead atoms. The van der Waals surface area contributed by atoms with Gasteiger partial charge in [0.25, 0.3) is 0 Å². The molecule has 0 saturated heterocycles. The first-order chi connectivity index (χ1) is 8.24. The van der Waals surface area contributed by atoms with Crippen molar-refractivity contribution in [3.63, 3.8) is 0 Å². The molecular formula is C14H14O3. The third-order valence-electron chi connectivity index (χ3n) is 2.59. The first kappa shape index (κ1) is 11.3. The maximum absolute atomic E-state index is 9.26. The first-order valence-electron chi connectivity index (χ1n) is 5.26. The van der Waals surface area contributed by atoms with Crippen molar-refractivity contribution >= 4 is 0 Å². The Bertz CT molecular complexity index is 503. The number of aromatic hydroxyl groups is 1. The molecule has 2 aromatic carbocycles. The lowest BCUT2D eigenvalue weighted by Gasteiger charge is -2.10. The minimum absolute atomic E-state index is 0.251. The van der Waals surface area contributed by atoms with Crippen LogP contribution in [0.2, 0.25) is 0 Å². The number of phenolic OH excluding ortho intramolecular Hbond substituents is 1. The van der Waals surface area contributed by atoms with Crippen LogP contribution in [0.3, 0.4) is 0 Å². The van der Waals surface area contributed by atoms with Crippen molar-refractivity contribution in [3.8, 4) is 28.4 Å². The Balaban J connectivity index is 2.47. The number of ether oxygens (including phenoxy) is 2. The molecule has 0 aliphatic carbocycles. The zero-order valence-corrected chi connectivity index (χ0v) is 9.81. The first-order valence-corrected chi connectivity index (χ1v) is 5.26. The number of rotatable bonds is 3. The molecule has 0 fully saturated rings. The molecular weight excluding hydrogens is 216 g/mol. The van der Waals surface area contributed by atoms with Gasteiger partial charge in [0.1, 0.15) is 17.2 Å². The van der Waals surface area contributed by atoms with Crippen molar-refractivity contribution < 1.29 is 14.6 Å². The van der Waals surface area contributed by atoms with Crippen LogP contribution in [0.1, 0.15) is 0 Å². The monoisotopic (exact) mass is 230 g/mol. The van der Waals surface area contributed by atoms with Gasteiger partial charge in [-0.2, -0.15) is 0 Å². The van der Waals surface area contributed by atoms with Gasteiger partial charge in [0.2, 0.25) is 0 Å². The summed E-state index contributed by atoms with van der Waals surface area (Å²) in [7, 11) is 3.24. The molecule has 0 radical (unpaired) electrons. The van der Waals surface area contributed by atoms with Gasteiger partial charge in [0, 0.05) is 11.6 Å². The molecule has 17 heavy (non-hydrogen) atoms. The largest absolute Gasteiger partial charge is 0.508 e. The summed E-state index contributed by atoms with van der Waals surface area (Å²) in [4.78, 5) is 0. The Labute approximate surface area is 100 Å². The molecule has 3 nitrogen and oxygen atoms in total. The molecule has 2 rings (SSSR count). The van der Waals surface area contributed by atoms with Crippen molar-refractivity contribution in [1.82, 2.24) is 0 Å². The number of benzene rings is 2. The van der Waals surface area contributed by atoms with Gasteiger partial charge in [0.15, 0.2) is 0 Å². The van der Waals surface area contributed by atoms with E-state index in [1.165, 1.54) is 0 Å². The third kappa shape index (κ3) is 2.33. The highest BCUT2D eigenvalue weighted by molar-refractivity contribution is 5.72. The van der Waals surface area contributed by atoms with Crippen LogP contribution in [0.4, 0.5) is 0 Å². The van der Waals surface area contributed by atoms with Gasteiger partial charge in [0.05, 0.1) is 14.2 Å². The standard InChI is InChI=1S/C14H14O3/c1-16-12-7-8-13(14(9-12)17-2)10-3-5-11(15)6-4-10/h3-9,15H,1-2H3. The molecule has 88 valence electrons. The van der Waals surface area contributed by atoms with E-state index in [9.17, 15) is 5.11 Å². The summed E-state index contributed by atoms with van der Waals surface area (Å²) in [5.41, 5.74) is 1.95. The molecule has 0 atom stereocenters. The number of phenols is 1. The summed E-state index contributed by atoms with van der Waals surface area (Å²) >= 11 is 0. The number of hydrogen-bond acceptors (Lipinski definition) is 3. The summed E-state index contributed by atoms with van der Waals surface area (Å²) in [6, 6.07) is 12.6. The number of hydrogen-bond donors (Lipinski definition) is 1. The van der Waals surface area contributed by atoms with E-state index < -0.39 is 0 Å². The fourth-order valence-electron chi connectivity index (χ4n) is 1.68. The maximum Gasteiger partial charge on any atom is 0.130 e. The molecule has 2 aromatic rings. The van der Waals surface area contributed by atoms with Crippen LogP contribution in [0.25, 0.3) is 11.1 Å². The van der Waals surface area contributed by atoms with Crippen LogP contribution in [-0.4, -0.2) is 19.3 Å². The summed E-state index contributed by atoms with van der Waals surface area (Å²) in [5, 5.41) is 9.26. The van der Waals surface area contributed by atoms with Gasteiger partial charge in [-0.15, -0.1) is 0 Å². The van der Waals surface area contributed by atoms with E-state index in [0.717, 1.165) is 22.6 Å². The quantitative estimate of drug-likeness (QED) is 0.880. The van der Waals surface area contributed by atoms with Crippen molar-refractivity contribution in [2.75, 3.05) is 14.2 Å². The second-order valence-electron chi connectivity index (χ2n) is 3.61. The lowest BCUT2D eigenvalue weighted by molar-refractivity contribution is 0.395. The SMILES string of the molecule is COc1ccc(-c2ccc(O)cc2)c(OC)c1. The van der Waals surface area contributed by atoms with Crippen LogP contribution in [0.15, 0.2) is 42.5 Å². The number of methoxy groups -OCH3 is 2. The topological polar surface area (TPSA) is 38.7 Å². The molecule has 0 aromatic heterocycles. The average molecular weight is 230 g/mol. The minimum Gasteiger partial charge on any atom is -0.508 e. The van der Waals surface area contributed by atoms with Gasteiger partial charge in [-0.05, 0) is 29.8 Å². The predicted octanol–water partition coefficient (Wildman–Crippen LogP) is 3.08. The van der Waals surface area contributed by atoms with Crippen molar-refractivity contribution in [2.24, 2.45) is 0 Å². The van der Waals surface area contributed by atoms with Gasteiger partial charge >= 0.3 is 0 Å². The van der Waals surface area contributed by atoms with E-state index in [4.69, 9.17) is 9.47 Å². The zero-order valence-electron chi connectivity index (χ0n) is 9.81. The van der Waals surface area contributed by atoms with E-state index in [1.54, 1.807) is 26.4 Å². The fraction of sp³-hybridized carbons (Fsp3) is 0.143. The molecule has 0 spiro atoms. The van der Waals surface area contributed by atoms with Crippen LogP contribution in [0.5, 0.6) is 17.2 Å². The van der Waals surface area contributed by atoms with E-state index in [1.807, 2.05) is 30.3 Å². The van der Waals surface area contributed by atoms with E-state index in [2.05, 4.69) is 0 Å². The normalized spacial score (nSPS) is 10.0.